The van der Waals surface area contributed by atoms with Crippen LogP contribution in [0.5, 0.6) is 0 Å². The zero-order chi connectivity index (χ0) is 15.8. The summed E-state index contributed by atoms with van der Waals surface area (Å²) in [4.78, 5) is 14.5. The lowest BCUT2D eigenvalue weighted by atomic mass is 10.0. The van der Waals surface area contributed by atoms with E-state index in [1.165, 1.54) is 6.07 Å². The Kier molecular flexibility index (Phi) is 12.0. The number of nitrogens with zero attached hydrogens (tertiary/aromatic N) is 1. The second-order valence-electron chi connectivity index (χ2n) is 5.22. The molecular formula is C16H26Cl2FN3O2. The van der Waals surface area contributed by atoms with Gasteiger partial charge in [0, 0.05) is 31.7 Å². The number of ether oxygens (including phenoxy) is 1. The summed E-state index contributed by atoms with van der Waals surface area (Å²) in [5.41, 5.74) is 0.422. The molecule has 0 radical (unpaired) electrons. The van der Waals surface area contributed by atoms with Crippen molar-refractivity contribution >= 4 is 30.7 Å². The third kappa shape index (κ3) is 6.53. The second-order valence-corrected chi connectivity index (χ2v) is 5.22. The summed E-state index contributed by atoms with van der Waals surface area (Å²) >= 11 is 0. The van der Waals surface area contributed by atoms with Gasteiger partial charge in [-0.05, 0) is 12.6 Å². The second kappa shape index (κ2) is 12.4. The predicted octanol–water partition coefficient (Wildman–Crippen LogP) is 1.77. The van der Waals surface area contributed by atoms with Gasteiger partial charge in [-0.1, -0.05) is 25.1 Å². The Morgan fingerprint density at radius 2 is 1.92 bits per heavy atom. The molecule has 1 atom stereocenters. The number of nitrogens with one attached hydrogen (secondary N) is 2. The molecule has 1 aromatic rings. The number of halogens is 3. The van der Waals surface area contributed by atoms with E-state index in [0.29, 0.717) is 45.0 Å². The molecule has 1 fully saturated rings. The van der Waals surface area contributed by atoms with Crippen LogP contribution in [0.3, 0.4) is 0 Å². The lowest BCUT2D eigenvalue weighted by molar-refractivity contribution is -0.128. The Labute approximate surface area is 155 Å². The molecule has 24 heavy (non-hydrogen) atoms. The Balaban J connectivity index is 0.00000264. The van der Waals surface area contributed by atoms with E-state index >= 15 is 0 Å². The number of amides is 1. The van der Waals surface area contributed by atoms with Crippen LogP contribution < -0.4 is 10.6 Å². The van der Waals surface area contributed by atoms with E-state index in [-0.39, 0.29) is 36.5 Å². The fraction of sp³-hybridized carbons (Fsp3) is 0.562. The van der Waals surface area contributed by atoms with Crippen LogP contribution in [0.2, 0.25) is 0 Å². The first-order valence-corrected chi connectivity index (χ1v) is 7.78. The number of carbonyl (C=O) groups excluding carboxylic acids is 1. The average molecular weight is 382 g/mol. The fourth-order valence-electron chi connectivity index (χ4n) is 2.58. The molecule has 2 N–H and O–H groups in total. The molecule has 0 saturated carbocycles. The van der Waals surface area contributed by atoms with Crippen LogP contribution in [0.25, 0.3) is 0 Å². The quantitative estimate of drug-likeness (QED) is 0.706. The van der Waals surface area contributed by atoms with Crippen LogP contribution in [-0.4, -0.2) is 56.7 Å². The van der Waals surface area contributed by atoms with Crippen LogP contribution in [0.1, 0.15) is 18.5 Å². The number of hydrogen-bond acceptors (Lipinski definition) is 4. The topological polar surface area (TPSA) is 53.6 Å². The largest absolute Gasteiger partial charge is 0.379 e. The Morgan fingerprint density at radius 1 is 1.25 bits per heavy atom. The maximum Gasteiger partial charge on any atom is 0.242 e. The molecule has 1 aliphatic rings. The third-order valence-electron chi connectivity index (χ3n) is 3.71. The molecule has 2 rings (SSSR count). The monoisotopic (exact) mass is 381 g/mol. The summed E-state index contributed by atoms with van der Waals surface area (Å²) in [6.45, 7) is 6.48. The first kappa shape index (κ1) is 23.1. The number of morpholine rings is 1. The minimum atomic E-state index is -0.605. The van der Waals surface area contributed by atoms with Gasteiger partial charge in [0.15, 0.2) is 0 Å². The van der Waals surface area contributed by atoms with E-state index in [1.807, 2.05) is 11.8 Å². The maximum absolute atomic E-state index is 14.1. The Hall–Kier alpha value is -0.920. The normalized spacial score (nSPS) is 15.8. The molecule has 0 bridgehead atoms. The smallest absolute Gasteiger partial charge is 0.242 e. The van der Waals surface area contributed by atoms with Gasteiger partial charge in [-0.15, -0.1) is 24.8 Å². The van der Waals surface area contributed by atoms with Gasteiger partial charge in [-0.3, -0.25) is 9.69 Å². The van der Waals surface area contributed by atoms with E-state index in [4.69, 9.17) is 4.74 Å². The van der Waals surface area contributed by atoms with Gasteiger partial charge >= 0.3 is 0 Å². The number of carbonyl (C=O) groups is 1. The molecule has 1 heterocycles. The van der Waals surface area contributed by atoms with Gasteiger partial charge < -0.3 is 15.4 Å². The van der Waals surface area contributed by atoms with Gasteiger partial charge in [0.25, 0.3) is 0 Å². The van der Waals surface area contributed by atoms with Crippen LogP contribution in [0.15, 0.2) is 24.3 Å². The Bertz CT molecular complexity index is 488. The lowest BCUT2D eigenvalue weighted by Crippen LogP contribution is -2.47. The lowest BCUT2D eigenvalue weighted by Gasteiger charge is -2.34. The van der Waals surface area contributed by atoms with Crippen molar-refractivity contribution in [1.29, 1.82) is 0 Å². The summed E-state index contributed by atoms with van der Waals surface area (Å²) in [6, 6.07) is 5.87. The van der Waals surface area contributed by atoms with E-state index in [2.05, 4.69) is 10.6 Å². The third-order valence-corrected chi connectivity index (χ3v) is 3.71. The van der Waals surface area contributed by atoms with Gasteiger partial charge in [-0.2, -0.15) is 0 Å². The van der Waals surface area contributed by atoms with E-state index in [9.17, 15) is 9.18 Å². The first-order chi connectivity index (χ1) is 10.7. The molecule has 1 aromatic carbocycles. The standard InChI is InChI=1S/C16H24FN3O2.2ClH/c1-2-18-7-8-19-16(21)15(20-9-11-22-12-10-20)13-5-3-4-6-14(13)17;;/h3-6,15,18H,2,7-12H2,1H3,(H,19,21);2*1H. The molecule has 0 aliphatic carbocycles. The fourth-order valence-corrected chi connectivity index (χ4v) is 2.58. The summed E-state index contributed by atoms with van der Waals surface area (Å²) in [6.07, 6.45) is 0. The summed E-state index contributed by atoms with van der Waals surface area (Å²) in [5.74, 6) is -0.509. The summed E-state index contributed by atoms with van der Waals surface area (Å²) in [5, 5.41) is 6.04. The average Bonchev–Trinajstić information content (AvgIpc) is 2.55. The van der Waals surface area contributed by atoms with Crippen molar-refractivity contribution < 1.29 is 13.9 Å². The molecule has 0 aromatic heterocycles. The molecule has 5 nitrogen and oxygen atoms in total. The van der Waals surface area contributed by atoms with Crippen molar-refractivity contribution in [3.63, 3.8) is 0 Å². The molecule has 0 spiro atoms. The minimum Gasteiger partial charge on any atom is -0.379 e. The van der Waals surface area contributed by atoms with Crippen molar-refractivity contribution in [2.75, 3.05) is 45.9 Å². The number of hydrogen-bond donors (Lipinski definition) is 2. The van der Waals surface area contributed by atoms with Gasteiger partial charge in [0.2, 0.25) is 5.91 Å². The molecule has 1 amide bonds. The first-order valence-electron chi connectivity index (χ1n) is 7.78. The van der Waals surface area contributed by atoms with E-state index < -0.39 is 6.04 Å². The number of likely N-dealkylation sites (N-methyl/N-ethyl adjacent to an activating group) is 1. The van der Waals surface area contributed by atoms with E-state index in [0.717, 1.165) is 6.54 Å². The van der Waals surface area contributed by atoms with Crippen LogP contribution in [0, 0.1) is 5.82 Å². The van der Waals surface area contributed by atoms with Crippen molar-refractivity contribution in [2.45, 2.75) is 13.0 Å². The summed E-state index contributed by atoms with van der Waals surface area (Å²) in [7, 11) is 0. The van der Waals surface area contributed by atoms with Crippen LogP contribution in [-0.2, 0) is 9.53 Å². The maximum atomic E-state index is 14.1. The van der Waals surface area contributed by atoms with Crippen molar-refractivity contribution in [3.05, 3.63) is 35.6 Å². The molecule has 8 heteroatoms. The van der Waals surface area contributed by atoms with Crippen molar-refractivity contribution in [2.24, 2.45) is 0 Å². The highest BCUT2D eigenvalue weighted by atomic mass is 35.5. The van der Waals surface area contributed by atoms with Crippen LogP contribution in [0.4, 0.5) is 4.39 Å². The predicted molar refractivity (Wildman–Crippen MR) is 97.6 cm³/mol. The molecular weight excluding hydrogens is 356 g/mol. The highest BCUT2D eigenvalue weighted by molar-refractivity contribution is 5.85. The van der Waals surface area contributed by atoms with Crippen molar-refractivity contribution in [1.82, 2.24) is 15.5 Å². The highest BCUT2D eigenvalue weighted by Gasteiger charge is 2.30. The summed E-state index contributed by atoms with van der Waals surface area (Å²) < 4.78 is 19.5. The van der Waals surface area contributed by atoms with Gasteiger partial charge in [0.05, 0.1) is 13.2 Å². The zero-order valence-electron chi connectivity index (χ0n) is 13.8. The molecule has 1 aliphatic heterocycles. The van der Waals surface area contributed by atoms with Crippen molar-refractivity contribution in [3.8, 4) is 0 Å². The molecule has 1 unspecified atom stereocenters. The van der Waals surface area contributed by atoms with Gasteiger partial charge in [-0.25, -0.2) is 4.39 Å². The number of rotatable bonds is 7. The Morgan fingerprint density at radius 3 is 2.54 bits per heavy atom. The highest BCUT2D eigenvalue weighted by Crippen LogP contribution is 2.24. The zero-order valence-corrected chi connectivity index (χ0v) is 15.4. The molecule has 1 saturated heterocycles. The SMILES string of the molecule is CCNCCNC(=O)C(c1ccccc1F)N1CCOCC1.Cl.Cl. The van der Waals surface area contributed by atoms with Gasteiger partial charge in [0.1, 0.15) is 11.9 Å². The number of benzene rings is 1. The molecule has 138 valence electrons. The van der Waals surface area contributed by atoms with E-state index in [1.54, 1.807) is 18.2 Å². The van der Waals surface area contributed by atoms with Crippen LogP contribution >= 0.6 is 24.8 Å². The minimum absolute atomic E-state index is 0.